The Kier molecular flexibility index (Phi) is 21.8. The largest absolute Gasteiger partial charge is 0.379 e. The minimum atomic E-state index is 0.00148. The van der Waals surface area contributed by atoms with Gasteiger partial charge in [0, 0.05) is 13.2 Å². The molecular weight excluding hydrogens is 420 g/mol. The quantitative estimate of drug-likeness (QED) is 0.132. The van der Waals surface area contributed by atoms with Gasteiger partial charge in [0.1, 0.15) is 6.10 Å². The van der Waals surface area contributed by atoms with Gasteiger partial charge in [0.2, 0.25) is 0 Å². The van der Waals surface area contributed by atoms with Crippen LogP contribution < -0.4 is 0 Å². The van der Waals surface area contributed by atoms with Gasteiger partial charge in [-0.25, -0.2) is 0 Å². The summed E-state index contributed by atoms with van der Waals surface area (Å²) in [6.07, 6.45) is 20.8. The number of unbranched alkanes of at least 4 members (excludes halogenated alkanes) is 9. The van der Waals surface area contributed by atoms with Crippen LogP contribution in [0.15, 0.2) is 30.3 Å². The molecule has 1 aromatic rings. The van der Waals surface area contributed by atoms with Crippen molar-refractivity contribution in [2.45, 2.75) is 130 Å². The average Bonchev–Trinajstić information content (AvgIpc) is 2.86. The second-order valence-electron chi connectivity index (χ2n) is 9.92. The van der Waals surface area contributed by atoms with Crippen molar-refractivity contribution in [2.75, 3.05) is 26.4 Å². The van der Waals surface area contributed by atoms with Crippen LogP contribution >= 0.6 is 0 Å². The van der Waals surface area contributed by atoms with E-state index in [1.54, 1.807) is 0 Å². The van der Waals surface area contributed by atoms with E-state index in [4.69, 9.17) is 14.2 Å². The third kappa shape index (κ3) is 18.4. The van der Waals surface area contributed by atoms with E-state index in [1.807, 2.05) is 25.1 Å². The maximum absolute atomic E-state index is 6.04. The van der Waals surface area contributed by atoms with Gasteiger partial charge in [0.25, 0.3) is 0 Å². The van der Waals surface area contributed by atoms with E-state index in [-0.39, 0.29) is 6.10 Å². The smallest absolute Gasteiger partial charge is 0.105 e. The predicted octanol–water partition coefficient (Wildman–Crippen LogP) is 9.13. The number of benzene rings is 1. The summed E-state index contributed by atoms with van der Waals surface area (Å²) in [4.78, 5) is 0. The lowest BCUT2D eigenvalue weighted by atomic mass is 9.91. The van der Waals surface area contributed by atoms with Crippen LogP contribution in [-0.4, -0.2) is 32.5 Å². The summed E-state index contributed by atoms with van der Waals surface area (Å²) in [6.45, 7) is 10.0. The van der Waals surface area contributed by atoms with Crippen LogP contribution in [0.1, 0.15) is 123 Å². The SMILES string of the molecule is CCCCCCCCCC(CCC)CCCCCCOCC(COCC)OCc1ccccc1. The fraction of sp³-hybridized carbons (Fsp3) is 0.806. The molecule has 0 aliphatic carbocycles. The molecule has 198 valence electrons. The van der Waals surface area contributed by atoms with Crippen molar-refractivity contribution in [3.8, 4) is 0 Å². The molecule has 0 amide bonds. The third-order valence-electron chi connectivity index (χ3n) is 6.70. The Hall–Kier alpha value is -0.900. The Morgan fingerprint density at radius 1 is 0.618 bits per heavy atom. The molecule has 34 heavy (non-hydrogen) atoms. The third-order valence-corrected chi connectivity index (χ3v) is 6.70. The molecule has 0 aromatic heterocycles. The summed E-state index contributed by atoms with van der Waals surface area (Å²) in [5, 5.41) is 0. The zero-order valence-corrected chi connectivity index (χ0v) is 22.9. The summed E-state index contributed by atoms with van der Waals surface area (Å²) in [5.41, 5.74) is 1.19. The predicted molar refractivity (Wildman–Crippen MR) is 146 cm³/mol. The lowest BCUT2D eigenvalue weighted by Crippen LogP contribution is -2.26. The number of hydrogen-bond acceptors (Lipinski definition) is 3. The summed E-state index contributed by atoms with van der Waals surface area (Å²) in [5.74, 6) is 0.956. The highest BCUT2D eigenvalue weighted by molar-refractivity contribution is 5.13. The van der Waals surface area contributed by atoms with Crippen LogP contribution in [0.5, 0.6) is 0 Å². The summed E-state index contributed by atoms with van der Waals surface area (Å²) < 4.78 is 17.6. The van der Waals surface area contributed by atoms with Crippen LogP contribution in [0.4, 0.5) is 0 Å². The molecule has 3 nitrogen and oxygen atoms in total. The molecule has 0 N–H and O–H groups in total. The van der Waals surface area contributed by atoms with Crippen molar-refractivity contribution in [3.05, 3.63) is 35.9 Å². The van der Waals surface area contributed by atoms with Crippen LogP contribution in [0, 0.1) is 5.92 Å². The highest BCUT2D eigenvalue weighted by Crippen LogP contribution is 2.23. The molecule has 0 fully saturated rings. The van der Waals surface area contributed by atoms with Gasteiger partial charge in [-0.3, -0.25) is 0 Å². The van der Waals surface area contributed by atoms with Crippen molar-refractivity contribution in [1.29, 1.82) is 0 Å². The van der Waals surface area contributed by atoms with E-state index >= 15 is 0 Å². The first-order chi connectivity index (χ1) is 16.8. The molecule has 2 unspecified atom stereocenters. The molecule has 1 aromatic carbocycles. The molecular formula is C31H56O3. The normalized spacial score (nSPS) is 13.3. The van der Waals surface area contributed by atoms with Crippen molar-refractivity contribution in [2.24, 2.45) is 5.92 Å². The van der Waals surface area contributed by atoms with E-state index in [2.05, 4.69) is 26.0 Å². The molecule has 0 aliphatic rings. The maximum atomic E-state index is 6.04. The molecule has 1 rings (SSSR count). The van der Waals surface area contributed by atoms with Crippen LogP contribution in [0.3, 0.4) is 0 Å². The first kappa shape index (κ1) is 31.1. The van der Waals surface area contributed by atoms with Gasteiger partial charge in [0.15, 0.2) is 0 Å². The molecule has 0 saturated heterocycles. The van der Waals surface area contributed by atoms with Crippen LogP contribution in [0.25, 0.3) is 0 Å². The number of rotatable bonds is 25. The van der Waals surface area contributed by atoms with E-state index in [0.717, 1.165) is 18.9 Å². The molecule has 0 aliphatic heterocycles. The zero-order chi connectivity index (χ0) is 24.5. The topological polar surface area (TPSA) is 27.7 Å². The highest BCUT2D eigenvalue weighted by Gasteiger charge is 2.11. The van der Waals surface area contributed by atoms with Crippen molar-refractivity contribution >= 4 is 0 Å². The Balaban J connectivity index is 2.06. The Morgan fingerprint density at radius 3 is 1.88 bits per heavy atom. The van der Waals surface area contributed by atoms with Crippen LogP contribution in [-0.2, 0) is 20.8 Å². The maximum Gasteiger partial charge on any atom is 0.105 e. The number of ether oxygens (including phenoxy) is 3. The fourth-order valence-corrected chi connectivity index (χ4v) is 4.62. The van der Waals surface area contributed by atoms with E-state index < -0.39 is 0 Å². The van der Waals surface area contributed by atoms with E-state index in [1.165, 1.54) is 95.5 Å². The monoisotopic (exact) mass is 476 g/mol. The minimum Gasteiger partial charge on any atom is -0.379 e. The standard InChI is InChI=1S/C31H56O3/c1-4-7-8-9-10-11-15-21-29(20-5-2)22-16-12-13-19-25-33-28-31(27-32-6-3)34-26-30-23-17-14-18-24-30/h14,17-18,23-24,29,31H,4-13,15-16,19-22,25-28H2,1-3H3. The van der Waals surface area contributed by atoms with E-state index in [0.29, 0.717) is 26.4 Å². The summed E-state index contributed by atoms with van der Waals surface area (Å²) in [6, 6.07) is 10.3. The van der Waals surface area contributed by atoms with Crippen LogP contribution in [0.2, 0.25) is 0 Å². The Morgan fingerprint density at radius 2 is 1.24 bits per heavy atom. The molecule has 0 spiro atoms. The fourth-order valence-electron chi connectivity index (χ4n) is 4.62. The zero-order valence-electron chi connectivity index (χ0n) is 22.9. The Labute approximate surface area is 212 Å². The first-order valence-corrected chi connectivity index (χ1v) is 14.6. The van der Waals surface area contributed by atoms with Gasteiger partial charge in [0.05, 0.1) is 19.8 Å². The Bertz CT molecular complexity index is 519. The van der Waals surface area contributed by atoms with E-state index in [9.17, 15) is 0 Å². The van der Waals surface area contributed by atoms with Gasteiger partial charge >= 0.3 is 0 Å². The van der Waals surface area contributed by atoms with Gasteiger partial charge < -0.3 is 14.2 Å². The van der Waals surface area contributed by atoms with Crippen molar-refractivity contribution < 1.29 is 14.2 Å². The molecule has 0 radical (unpaired) electrons. The lowest BCUT2D eigenvalue weighted by Gasteiger charge is -2.18. The highest BCUT2D eigenvalue weighted by atomic mass is 16.6. The second-order valence-corrected chi connectivity index (χ2v) is 9.92. The number of hydrogen-bond donors (Lipinski definition) is 0. The lowest BCUT2D eigenvalue weighted by molar-refractivity contribution is -0.0653. The van der Waals surface area contributed by atoms with Gasteiger partial charge in [-0.15, -0.1) is 0 Å². The minimum absolute atomic E-state index is 0.00148. The van der Waals surface area contributed by atoms with Gasteiger partial charge in [-0.1, -0.05) is 134 Å². The second kappa shape index (κ2) is 23.8. The van der Waals surface area contributed by atoms with Gasteiger partial charge in [-0.05, 0) is 24.8 Å². The summed E-state index contributed by atoms with van der Waals surface area (Å²) >= 11 is 0. The molecule has 3 heteroatoms. The van der Waals surface area contributed by atoms with Crippen molar-refractivity contribution in [3.63, 3.8) is 0 Å². The molecule has 0 saturated carbocycles. The first-order valence-electron chi connectivity index (χ1n) is 14.6. The van der Waals surface area contributed by atoms with Crippen molar-refractivity contribution in [1.82, 2.24) is 0 Å². The van der Waals surface area contributed by atoms with Gasteiger partial charge in [-0.2, -0.15) is 0 Å². The average molecular weight is 477 g/mol. The molecule has 2 atom stereocenters. The molecule has 0 heterocycles. The summed E-state index contributed by atoms with van der Waals surface area (Å²) in [7, 11) is 0. The molecule has 0 bridgehead atoms.